The van der Waals surface area contributed by atoms with Crippen molar-refractivity contribution in [3.05, 3.63) is 63.6 Å². The third-order valence-electron chi connectivity index (χ3n) is 4.05. The maximum atomic E-state index is 14.6. The Morgan fingerprint density at radius 3 is 2.52 bits per heavy atom. The summed E-state index contributed by atoms with van der Waals surface area (Å²) in [6.45, 7) is 1.46. The van der Waals surface area contributed by atoms with Crippen LogP contribution in [-0.2, 0) is 16.6 Å². The third kappa shape index (κ3) is 4.09. The van der Waals surface area contributed by atoms with E-state index in [1.165, 1.54) is 7.11 Å². The van der Waals surface area contributed by atoms with Crippen LogP contribution < -0.4 is 9.04 Å². The number of nitrogens with zero attached hydrogens (tertiary/aromatic N) is 3. The molecule has 0 saturated carbocycles. The molecule has 0 atom stereocenters. The van der Waals surface area contributed by atoms with Crippen molar-refractivity contribution in [2.75, 3.05) is 11.4 Å². The van der Waals surface area contributed by atoms with E-state index in [0.717, 1.165) is 22.2 Å². The van der Waals surface area contributed by atoms with E-state index in [1.54, 1.807) is 25.1 Å². The maximum absolute atomic E-state index is 14.6. The van der Waals surface area contributed by atoms with Gasteiger partial charge in [0.25, 0.3) is 10.0 Å². The fraction of sp³-hybridized carbons (Fsp3) is 0.176. The van der Waals surface area contributed by atoms with Crippen molar-refractivity contribution < 1.29 is 26.3 Å². The van der Waals surface area contributed by atoms with Crippen LogP contribution in [0.2, 0.25) is 0 Å². The Kier molecular flexibility index (Phi) is 6.15. The molecular weight excluding hydrogens is 495 g/mol. The van der Waals surface area contributed by atoms with E-state index in [0.29, 0.717) is 22.9 Å². The van der Waals surface area contributed by atoms with Gasteiger partial charge in [0.1, 0.15) is 23.7 Å². The number of hydrogen-bond donors (Lipinski definition) is 0. The number of ether oxygens (including phenoxy) is 1. The Hall–Kier alpha value is -2.18. The Labute approximate surface area is 177 Å². The Bertz CT molecular complexity index is 1160. The van der Waals surface area contributed by atoms with E-state index >= 15 is 0 Å². The zero-order valence-corrected chi connectivity index (χ0v) is 18.2. The number of methoxy groups -OCH3 is 1. The Morgan fingerprint density at radius 2 is 1.93 bits per heavy atom. The van der Waals surface area contributed by atoms with Crippen LogP contribution in [0.4, 0.5) is 18.3 Å². The molecule has 3 aromatic rings. The molecule has 0 spiro atoms. The van der Waals surface area contributed by atoms with Crippen molar-refractivity contribution in [2.45, 2.75) is 18.4 Å². The number of rotatable bonds is 6. The number of aryl methyl sites for hydroxylation is 1. The molecule has 6 nitrogen and oxygen atoms in total. The fourth-order valence-corrected chi connectivity index (χ4v) is 5.25. The first-order valence-corrected chi connectivity index (χ1v) is 10.9. The third-order valence-corrected chi connectivity index (χ3v) is 7.35. The second kappa shape index (κ2) is 8.28. The topological polar surface area (TPSA) is 72.4 Å². The summed E-state index contributed by atoms with van der Waals surface area (Å²) in [5, 5.41) is -0.0977. The summed E-state index contributed by atoms with van der Waals surface area (Å²) in [6, 6.07) is 5.25. The van der Waals surface area contributed by atoms with Crippen LogP contribution in [-0.4, -0.2) is 24.9 Å². The van der Waals surface area contributed by atoms with E-state index in [2.05, 4.69) is 25.3 Å². The van der Waals surface area contributed by atoms with Crippen molar-refractivity contribution >= 4 is 42.6 Å². The first kappa shape index (κ1) is 21.5. The molecule has 1 heterocycles. The van der Waals surface area contributed by atoms with Gasteiger partial charge in [0.05, 0.1) is 18.1 Å². The first-order chi connectivity index (χ1) is 13.7. The molecule has 0 bridgehead atoms. The van der Waals surface area contributed by atoms with Gasteiger partial charge in [0.2, 0.25) is 5.13 Å². The summed E-state index contributed by atoms with van der Waals surface area (Å²) in [7, 11) is -3.30. The normalized spacial score (nSPS) is 11.5. The Balaban J connectivity index is 2.15. The number of halogens is 4. The van der Waals surface area contributed by atoms with Gasteiger partial charge in [-0.3, -0.25) is 0 Å². The SMILES string of the molecule is COc1ccc(CN(c2ncns2)S(=O)(=O)c2c(F)cc(F)c(Br)c2F)c(C)c1. The molecular formula is C17H13BrF3N3O3S2. The second-order valence-electron chi connectivity index (χ2n) is 5.83. The van der Waals surface area contributed by atoms with Gasteiger partial charge in [-0.1, -0.05) is 6.07 Å². The van der Waals surface area contributed by atoms with Crippen LogP contribution in [0, 0.1) is 24.4 Å². The van der Waals surface area contributed by atoms with Crippen LogP contribution in [0.1, 0.15) is 11.1 Å². The molecule has 0 amide bonds. The average Bonchev–Trinajstić information content (AvgIpc) is 3.18. The van der Waals surface area contributed by atoms with Crippen LogP contribution in [0.5, 0.6) is 5.75 Å². The average molecular weight is 508 g/mol. The minimum absolute atomic E-state index is 0.0977. The van der Waals surface area contributed by atoms with E-state index in [4.69, 9.17) is 4.74 Å². The highest BCUT2D eigenvalue weighted by Crippen LogP contribution is 2.34. The molecule has 0 aliphatic rings. The highest BCUT2D eigenvalue weighted by atomic mass is 79.9. The standard InChI is InChI=1S/C17H13BrF3N3O3S2/c1-9-5-11(27-2)4-3-10(9)7-24(17-22-8-23-28-17)29(25,26)16-13(20)6-12(19)14(18)15(16)21/h3-6,8H,7H2,1-2H3. The van der Waals surface area contributed by atoms with E-state index in [9.17, 15) is 21.6 Å². The number of benzene rings is 2. The van der Waals surface area contributed by atoms with Crippen LogP contribution >= 0.6 is 27.5 Å². The van der Waals surface area contributed by atoms with Crippen molar-refractivity contribution in [1.29, 1.82) is 0 Å². The van der Waals surface area contributed by atoms with E-state index < -0.39 is 36.8 Å². The molecule has 0 radical (unpaired) electrons. The Morgan fingerprint density at radius 1 is 1.21 bits per heavy atom. The van der Waals surface area contributed by atoms with E-state index in [-0.39, 0.29) is 11.7 Å². The van der Waals surface area contributed by atoms with Gasteiger partial charge < -0.3 is 4.74 Å². The second-order valence-corrected chi connectivity index (χ2v) is 9.18. The fourth-order valence-electron chi connectivity index (χ4n) is 2.56. The molecule has 0 fully saturated rings. The lowest BCUT2D eigenvalue weighted by atomic mass is 10.1. The lowest BCUT2D eigenvalue weighted by Gasteiger charge is -2.23. The predicted octanol–water partition coefficient (Wildman–Crippen LogP) is 4.43. The van der Waals surface area contributed by atoms with Crippen molar-refractivity contribution in [1.82, 2.24) is 9.36 Å². The minimum Gasteiger partial charge on any atom is -0.497 e. The highest BCUT2D eigenvalue weighted by Gasteiger charge is 2.35. The molecule has 154 valence electrons. The summed E-state index contributed by atoms with van der Waals surface area (Å²) < 4.78 is 77.7. The number of hydrogen-bond acceptors (Lipinski definition) is 6. The highest BCUT2D eigenvalue weighted by molar-refractivity contribution is 9.10. The van der Waals surface area contributed by atoms with Crippen LogP contribution in [0.25, 0.3) is 0 Å². The smallest absolute Gasteiger partial charge is 0.272 e. The lowest BCUT2D eigenvalue weighted by molar-refractivity contribution is 0.414. The van der Waals surface area contributed by atoms with Crippen molar-refractivity contribution in [3.63, 3.8) is 0 Å². The summed E-state index contributed by atoms with van der Waals surface area (Å²) >= 11 is 3.34. The predicted molar refractivity (Wildman–Crippen MR) is 105 cm³/mol. The van der Waals surface area contributed by atoms with Gasteiger partial charge in [-0.05, 0) is 46.1 Å². The quantitative estimate of drug-likeness (QED) is 0.364. The van der Waals surface area contributed by atoms with E-state index in [1.807, 2.05) is 0 Å². The minimum atomic E-state index is -4.79. The first-order valence-electron chi connectivity index (χ1n) is 7.92. The maximum Gasteiger partial charge on any atom is 0.272 e. The van der Waals surface area contributed by atoms with Gasteiger partial charge in [-0.25, -0.2) is 30.9 Å². The molecule has 0 saturated heterocycles. The lowest BCUT2D eigenvalue weighted by Crippen LogP contribution is -2.32. The van der Waals surface area contributed by atoms with Gasteiger partial charge in [-0.15, -0.1) is 0 Å². The summed E-state index contributed by atoms with van der Waals surface area (Å²) in [5.74, 6) is -3.81. The number of sulfonamides is 1. The summed E-state index contributed by atoms with van der Waals surface area (Å²) in [6.07, 6.45) is 1.12. The molecule has 1 aromatic heterocycles. The summed E-state index contributed by atoms with van der Waals surface area (Å²) in [4.78, 5) is 2.58. The van der Waals surface area contributed by atoms with Crippen molar-refractivity contribution in [3.8, 4) is 5.75 Å². The molecule has 0 N–H and O–H groups in total. The molecule has 3 rings (SSSR count). The number of aromatic nitrogens is 2. The molecule has 0 aliphatic heterocycles. The zero-order valence-electron chi connectivity index (χ0n) is 15.0. The molecule has 2 aromatic carbocycles. The number of anilines is 1. The molecule has 12 heteroatoms. The largest absolute Gasteiger partial charge is 0.497 e. The van der Waals surface area contributed by atoms with Gasteiger partial charge >= 0.3 is 0 Å². The molecule has 29 heavy (non-hydrogen) atoms. The van der Waals surface area contributed by atoms with Gasteiger partial charge in [0, 0.05) is 17.6 Å². The summed E-state index contributed by atoms with van der Waals surface area (Å²) in [5.41, 5.74) is 1.24. The van der Waals surface area contributed by atoms with Crippen molar-refractivity contribution in [2.24, 2.45) is 0 Å². The van der Waals surface area contributed by atoms with Crippen LogP contribution in [0.15, 0.2) is 40.0 Å². The van der Waals surface area contributed by atoms with Gasteiger partial charge in [0.15, 0.2) is 10.7 Å². The molecule has 0 unspecified atom stereocenters. The monoisotopic (exact) mass is 507 g/mol. The van der Waals surface area contributed by atoms with Crippen LogP contribution in [0.3, 0.4) is 0 Å². The van der Waals surface area contributed by atoms with Gasteiger partial charge in [-0.2, -0.15) is 4.37 Å². The zero-order chi connectivity index (χ0) is 21.3. The molecule has 0 aliphatic carbocycles.